The first-order valence-corrected chi connectivity index (χ1v) is 14.7. The first kappa shape index (κ1) is 32.2. The number of allylic oxidation sites excluding steroid dienone is 4. The molecule has 2 fully saturated rings. The van der Waals surface area contributed by atoms with E-state index < -0.39 is 41.8 Å². The number of hydrogen-bond acceptors (Lipinski definition) is 7. The van der Waals surface area contributed by atoms with E-state index in [9.17, 15) is 14.4 Å². The van der Waals surface area contributed by atoms with E-state index >= 15 is 0 Å². The summed E-state index contributed by atoms with van der Waals surface area (Å²) in [5.41, 5.74) is 0. The molecule has 2 aliphatic rings. The van der Waals surface area contributed by atoms with Crippen molar-refractivity contribution < 1.29 is 33.3 Å². The largest absolute Gasteiger partial charge is 0.448 e. The molecule has 38 heavy (non-hydrogen) atoms. The molecule has 0 aromatic heterocycles. The predicted molar refractivity (Wildman–Crippen MR) is 147 cm³/mol. The van der Waals surface area contributed by atoms with Crippen LogP contribution < -0.4 is 0 Å². The normalized spacial score (nSPS) is 24.1. The zero-order valence-corrected chi connectivity index (χ0v) is 24.2. The van der Waals surface area contributed by atoms with E-state index in [1.54, 1.807) is 13.8 Å². The molecule has 0 bridgehead atoms. The molecule has 0 aromatic rings. The Morgan fingerprint density at radius 3 is 2.42 bits per heavy atom. The number of Topliss-reactive ketones (excluding diaryl/α,β-unsaturated/α-hetero) is 1. The summed E-state index contributed by atoms with van der Waals surface area (Å²) in [5.74, 6) is -1.56. The summed E-state index contributed by atoms with van der Waals surface area (Å²) in [6.07, 6.45) is 18.0. The van der Waals surface area contributed by atoms with Crippen molar-refractivity contribution in [2.24, 2.45) is 11.8 Å². The van der Waals surface area contributed by atoms with Crippen molar-refractivity contribution in [1.29, 1.82) is 0 Å². The number of esters is 2. The summed E-state index contributed by atoms with van der Waals surface area (Å²) in [7, 11) is 0. The standard InChI is InChI=1S/C31H50O7/c1-6-7-8-9-10-11-12-13-14-15-18-24(21-23(2)3)19-16-17-20-26(32)36-29-27(33)28(37-30(29)34)25-22-35-31(4,5)38-25/h10-11,13-14,23-25,28-29H,6-9,12,15-22H2,1-5H3. The van der Waals surface area contributed by atoms with Gasteiger partial charge in [0.1, 0.15) is 6.10 Å². The molecule has 2 aliphatic heterocycles. The highest BCUT2D eigenvalue weighted by atomic mass is 16.8. The number of hydrogen-bond donors (Lipinski definition) is 0. The number of unbranched alkanes of at least 4 members (excludes halogenated alkanes) is 4. The molecule has 7 heteroatoms. The molecule has 0 aromatic carbocycles. The Balaban J connectivity index is 1.66. The molecule has 4 unspecified atom stereocenters. The third-order valence-electron chi connectivity index (χ3n) is 6.98. The van der Waals surface area contributed by atoms with Gasteiger partial charge in [0.25, 0.3) is 6.10 Å². The molecule has 2 saturated heterocycles. The molecule has 216 valence electrons. The van der Waals surface area contributed by atoms with Gasteiger partial charge in [-0.05, 0) is 70.6 Å². The van der Waals surface area contributed by atoms with Crippen molar-refractivity contribution >= 4 is 17.7 Å². The maximum absolute atomic E-state index is 12.6. The third-order valence-corrected chi connectivity index (χ3v) is 6.98. The number of carbonyl (C=O) groups is 3. The second-order valence-electron chi connectivity index (χ2n) is 11.5. The first-order chi connectivity index (χ1) is 18.1. The Morgan fingerprint density at radius 1 is 1.03 bits per heavy atom. The van der Waals surface area contributed by atoms with Crippen LogP contribution in [0.4, 0.5) is 0 Å². The van der Waals surface area contributed by atoms with Gasteiger partial charge in [-0.1, -0.05) is 70.8 Å². The second kappa shape index (κ2) is 16.9. The topological polar surface area (TPSA) is 88.1 Å². The van der Waals surface area contributed by atoms with Crippen molar-refractivity contribution in [3.8, 4) is 0 Å². The average molecular weight is 535 g/mol. The van der Waals surface area contributed by atoms with Gasteiger partial charge in [0, 0.05) is 6.42 Å². The van der Waals surface area contributed by atoms with Crippen molar-refractivity contribution in [2.75, 3.05) is 6.61 Å². The highest BCUT2D eigenvalue weighted by Gasteiger charge is 2.53. The molecule has 0 amide bonds. The van der Waals surface area contributed by atoms with Gasteiger partial charge in [0.15, 0.2) is 11.9 Å². The van der Waals surface area contributed by atoms with E-state index in [0.29, 0.717) is 18.3 Å². The molecular formula is C31H50O7. The van der Waals surface area contributed by atoms with E-state index in [-0.39, 0.29) is 13.0 Å². The Bertz CT molecular complexity index is 798. The van der Waals surface area contributed by atoms with Crippen LogP contribution in [0.2, 0.25) is 0 Å². The molecular weight excluding hydrogens is 484 g/mol. The van der Waals surface area contributed by atoms with Gasteiger partial charge in [0.05, 0.1) is 6.61 Å². The summed E-state index contributed by atoms with van der Waals surface area (Å²) in [6.45, 7) is 10.3. The first-order valence-electron chi connectivity index (χ1n) is 14.7. The molecule has 0 radical (unpaired) electrons. The number of cyclic esters (lactones) is 1. The molecule has 4 atom stereocenters. The van der Waals surface area contributed by atoms with Crippen LogP contribution in [0.5, 0.6) is 0 Å². The lowest BCUT2D eigenvalue weighted by molar-refractivity contribution is -0.166. The summed E-state index contributed by atoms with van der Waals surface area (Å²) >= 11 is 0. The number of carbonyl (C=O) groups excluding carboxylic acids is 3. The van der Waals surface area contributed by atoms with Crippen LogP contribution in [0.25, 0.3) is 0 Å². The fourth-order valence-electron chi connectivity index (χ4n) is 5.03. The van der Waals surface area contributed by atoms with E-state index in [2.05, 4.69) is 45.1 Å². The molecule has 0 saturated carbocycles. The van der Waals surface area contributed by atoms with Gasteiger partial charge in [-0.3, -0.25) is 9.59 Å². The van der Waals surface area contributed by atoms with Gasteiger partial charge in [-0.2, -0.15) is 0 Å². The zero-order valence-electron chi connectivity index (χ0n) is 24.2. The summed E-state index contributed by atoms with van der Waals surface area (Å²) < 4.78 is 21.5. The van der Waals surface area contributed by atoms with E-state index in [4.69, 9.17) is 18.9 Å². The third kappa shape index (κ3) is 11.8. The van der Waals surface area contributed by atoms with Gasteiger partial charge in [0.2, 0.25) is 5.78 Å². The van der Waals surface area contributed by atoms with Crippen LogP contribution in [-0.2, 0) is 33.3 Å². The minimum atomic E-state index is -1.51. The fourth-order valence-corrected chi connectivity index (χ4v) is 5.03. The minimum absolute atomic E-state index is 0.140. The van der Waals surface area contributed by atoms with E-state index in [1.165, 1.54) is 32.1 Å². The lowest BCUT2D eigenvalue weighted by Crippen LogP contribution is -2.38. The maximum atomic E-state index is 12.6. The molecule has 7 nitrogen and oxygen atoms in total. The van der Waals surface area contributed by atoms with Crippen LogP contribution >= 0.6 is 0 Å². The summed E-state index contributed by atoms with van der Waals surface area (Å²) in [5, 5.41) is 0. The Morgan fingerprint density at radius 2 is 1.76 bits per heavy atom. The van der Waals surface area contributed by atoms with Crippen molar-refractivity contribution in [3.63, 3.8) is 0 Å². The SMILES string of the molecule is CCCCCC=CCC=CCCC(CCCCC(=O)OC1C(=O)OC(C2COC(C)(C)O2)C1=O)CC(C)C. The Kier molecular flexibility index (Phi) is 14.3. The number of ether oxygens (including phenoxy) is 4. The molecule has 0 spiro atoms. The number of rotatable bonds is 18. The summed E-state index contributed by atoms with van der Waals surface area (Å²) in [6, 6.07) is 0. The van der Waals surface area contributed by atoms with Crippen LogP contribution in [0.3, 0.4) is 0 Å². The van der Waals surface area contributed by atoms with Gasteiger partial charge >= 0.3 is 11.9 Å². The lowest BCUT2D eigenvalue weighted by atomic mass is 9.88. The lowest BCUT2D eigenvalue weighted by Gasteiger charge is -2.19. The molecule has 0 aliphatic carbocycles. The Labute approximate surface area is 229 Å². The van der Waals surface area contributed by atoms with Gasteiger partial charge in [-0.15, -0.1) is 0 Å². The van der Waals surface area contributed by atoms with Gasteiger partial charge in [-0.25, -0.2) is 4.79 Å². The minimum Gasteiger partial charge on any atom is -0.448 e. The van der Waals surface area contributed by atoms with Crippen LogP contribution in [-0.4, -0.2) is 48.4 Å². The van der Waals surface area contributed by atoms with E-state index in [0.717, 1.165) is 32.1 Å². The molecule has 0 N–H and O–H groups in total. The highest BCUT2D eigenvalue weighted by molar-refractivity contribution is 6.10. The van der Waals surface area contributed by atoms with Gasteiger partial charge < -0.3 is 18.9 Å². The fraction of sp³-hybridized carbons (Fsp3) is 0.774. The number of ketones is 1. The van der Waals surface area contributed by atoms with Crippen molar-refractivity contribution in [2.45, 2.75) is 136 Å². The molecule has 2 heterocycles. The smallest absolute Gasteiger partial charge is 0.356 e. The zero-order chi connectivity index (χ0) is 28.0. The summed E-state index contributed by atoms with van der Waals surface area (Å²) in [4.78, 5) is 37.2. The van der Waals surface area contributed by atoms with E-state index in [1.807, 2.05) is 0 Å². The van der Waals surface area contributed by atoms with Crippen molar-refractivity contribution in [1.82, 2.24) is 0 Å². The second-order valence-corrected chi connectivity index (χ2v) is 11.5. The monoisotopic (exact) mass is 534 g/mol. The Hall–Kier alpha value is -1.99. The van der Waals surface area contributed by atoms with Crippen LogP contribution in [0, 0.1) is 11.8 Å². The predicted octanol–water partition coefficient (Wildman–Crippen LogP) is 6.63. The van der Waals surface area contributed by atoms with Crippen molar-refractivity contribution in [3.05, 3.63) is 24.3 Å². The van der Waals surface area contributed by atoms with Crippen LogP contribution in [0.15, 0.2) is 24.3 Å². The maximum Gasteiger partial charge on any atom is 0.356 e. The average Bonchev–Trinajstić information content (AvgIpc) is 3.35. The highest BCUT2D eigenvalue weighted by Crippen LogP contribution is 2.29. The quantitative estimate of drug-likeness (QED) is 0.0844. The molecule has 2 rings (SSSR count). The van der Waals surface area contributed by atoms with Crippen LogP contribution in [0.1, 0.15) is 112 Å².